The van der Waals surface area contributed by atoms with E-state index >= 15 is 0 Å². The molecule has 0 saturated carbocycles. The van der Waals surface area contributed by atoms with E-state index in [9.17, 15) is 9.59 Å². The van der Waals surface area contributed by atoms with Crippen molar-refractivity contribution in [2.45, 2.75) is 13.0 Å². The lowest BCUT2D eigenvalue weighted by atomic mass is 10.1. The van der Waals surface area contributed by atoms with Gasteiger partial charge in [0.05, 0.1) is 29.4 Å². The number of nitrogen functional groups attached to an aromatic ring is 1. The van der Waals surface area contributed by atoms with Gasteiger partial charge in [-0.3, -0.25) is 14.3 Å². The van der Waals surface area contributed by atoms with Gasteiger partial charge < -0.3 is 20.7 Å². The monoisotopic (exact) mass is 596 g/mol. The maximum Gasteiger partial charge on any atom is 0.284 e. The third kappa shape index (κ3) is 5.36. The van der Waals surface area contributed by atoms with Gasteiger partial charge in [0.1, 0.15) is 28.6 Å². The standard InChI is InChI=1S/C31H29ClN8O3/c1-18-27(31(42)40(38(18)2)22-7-4-6-20(32)14-22)30(41)35-21-12-10-19(11-13-21)28-29(33)34-15-25(37-28)24-8-5-9-26(36-24)39-16-23(17-39)43-3/h4-15,23H,16-17H2,1-3H3,(H2,33,34)(H,35,41). The number of pyridine rings is 1. The molecule has 1 fully saturated rings. The number of ether oxygens (including phenoxy) is 1. The third-order valence-electron chi connectivity index (χ3n) is 7.55. The van der Waals surface area contributed by atoms with Crippen molar-refractivity contribution in [2.24, 2.45) is 7.05 Å². The van der Waals surface area contributed by atoms with Gasteiger partial charge in [0, 0.05) is 43.5 Å². The Kier molecular flexibility index (Phi) is 7.43. The molecule has 3 N–H and O–H groups in total. The lowest BCUT2D eigenvalue weighted by Gasteiger charge is -2.39. The molecule has 0 aliphatic carbocycles. The summed E-state index contributed by atoms with van der Waals surface area (Å²) in [5.74, 6) is 0.598. The van der Waals surface area contributed by atoms with Gasteiger partial charge in [-0.25, -0.2) is 19.6 Å². The molecular weight excluding hydrogens is 568 g/mol. The molecule has 0 radical (unpaired) electrons. The lowest BCUT2D eigenvalue weighted by molar-refractivity contribution is 0.0783. The second kappa shape index (κ2) is 11.3. The lowest BCUT2D eigenvalue weighted by Crippen LogP contribution is -2.52. The third-order valence-corrected chi connectivity index (χ3v) is 7.79. The summed E-state index contributed by atoms with van der Waals surface area (Å²) >= 11 is 6.13. The van der Waals surface area contributed by atoms with Crippen LogP contribution in [0, 0.1) is 6.92 Å². The zero-order valence-corrected chi connectivity index (χ0v) is 24.5. The van der Waals surface area contributed by atoms with Crippen LogP contribution in [0.15, 0.2) is 77.7 Å². The van der Waals surface area contributed by atoms with E-state index in [2.05, 4.69) is 15.2 Å². The molecule has 0 atom stereocenters. The number of benzene rings is 2. The van der Waals surface area contributed by atoms with Crippen molar-refractivity contribution in [1.82, 2.24) is 24.3 Å². The summed E-state index contributed by atoms with van der Waals surface area (Å²) in [5.41, 5.74) is 9.87. The number of hydrogen-bond donors (Lipinski definition) is 2. The summed E-state index contributed by atoms with van der Waals surface area (Å²) in [7, 11) is 3.43. The van der Waals surface area contributed by atoms with Crippen LogP contribution >= 0.6 is 11.6 Å². The topological polar surface area (TPSA) is 133 Å². The molecule has 0 bridgehead atoms. The number of hydrogen-bond acceptors (Lipinski definition) is 8. The summed E-state index contributed by atoms with van der Waals surface area (Å²) in [4.78, 5) is 42.5. The van der Waals surface area contributed by atoms with Crippen molar-refractivity contribution in [3.63, 3.8) is 0 Å². The first-order valence-electron chi connectivity index (χ1n) is 13.6. The Bertz CT molecular complexity index is 1890. The molecule has 6 rings (SSSR count). The number of amides is 1. The number of nitrogens with one attached hydrogen (secondary N) is 1. The number of halogens is 1. The Labute approximate surface area is 252 Å². The highest BCUT2D eigenvalue weighted by molar-refractivity contribution is 6.30. The van der Waals surface area contributed by atoms with Crippen molar-refractivity contribution >= 4 is 34.8 Å². The number of carbonyl (C=O) groups excluding carboxylic acids is 1. The van der Waals surface area contributed by atoms with E-state index < -0.39 is 11.5 Å². The van der Waals surface area contributed by atoms with Crippen LogP contribution in [0.3, 0.4) is 0 Å². The van der Waals surface area contributed by atoms with E-state index in [0.717, 1.165) is 18.9 Å². The highest BCUT2D eigenvalue weighted by Gasteiger charge is 2.27. The van der Waals surface area contributed by atoms with Gasteiger partial charge in [0.25, 0.3) is 11.5 Å². The summed E-state index contributed by atoms with van der Waals surface area (Å²) in [6.45, 7) is 3.30. The Morgan fingerprint density at radius 3 is 2.51 bits per heavy atom. The van der Waals surface area contributed by atoms with Gasteiger partial charge in [-0.15, -0.1) is 0 Å². The fourth-order valence-corrected chi connectivity index (χ4v) is 5.21. The minimum absolute atomic E-state index is 0.0417. The van der Waals surface area contributed by atoms with Crippen LogP contribution in [0.1, 0.15) is 16.1 Å². The molecule has 3 aromatic heterocycles. The molecule has 5 aromatic rings. The molecule has 1 aliphatic heterocycles. The number of aromatic nitrogens is 5. The van der Waals surface area contributed by atoms with Gasteiger partial charge in [0.2, 0.25) is 0 Å². The molecule has 0 spiro atoms. The summed E-state index contributed by atoms with van der Waals surface area (Å²) in [5, 5.41) is 3.31. The number of rotatable bonds is 7. The smallest absolute Gasteiger partial charge is 0.284 e. The molecule has 1 saturated heterocycles. The van der Waals surface area contributed by atoms with Gasteiger partial charge in [0.15, 0.2) is 0 Å². The van der Waals surface area contributed by atoms with Crippen LogP contribution in [0.4, 0.5) is 17.3 Å². The molecule has 43 heavy (non-hydrogen) atoms. The first kappa shape index (κ1) is 28.1. The number of anilines is 3. The largest absolute Gasteiger partial charge is 0.382 e. The van der Waals surface area contributed by atoms with E-state index in [1.54, 1.807) is 80.5 Å². The van der Waals surface area contributed by atoms with Crippen LogP contribution in [0.5, 0.6) is 0 Å². The number of nitrogens with two attached hydrogens (primary N) is 1. The molecule has 0 unspecified atom stereocenters. The number of nitrogens with zero attached hydrogens (tertiary/aromatic N) is 6. The van der Waals surface area contributed by atoms with Crippen LogP contribution in [0.25, 0.3) is 28.3 Å². The van der Waals surface area contributed by atoms with Gasteiger partial charge in [-0.2, -0.15) is 0 Å². The Balaban J connectivity index is 1.22. The maximum atomic E-state index is 13.3. The Morgan fingerprint density at radius 2 is 1.79 bits per heavy atom. The number of carbonyl (C=O) groups is 1. The van der Waals surface area contributed by atoms with Crippen molar-refractivity contribution in [3.05, 3.63) is 99.6 Å². The van der Waals surface area contributed by atoms with Crippen molar-refractivity contribution < 1.29 is 9.53 Å². The quantitative estimate of drug-likeness (QED) is 0.284. The highest BCUT2D eigenvalue weighted by Crippen LogP contribution is 2.28. The van der Waals surface area contributed by atoms with Gasteiger partial charge in [-0.1, -0.05) is 35.9 Å². The predicted molar refractivity (Wildman–Crippen MR) is 167 cm³/mol. The fourth-order valence-electron chi connectivity index (χ4n) is 5.02. The summed E-state index contributed by atoms with van der Waals surface area (Å²) in [6.07, 6.45) is 1.82. The summed E-state index contributed by atoms with van der Waals surface area (Å²) in [6, 6.07) is 19.7. The van der Waals surface area contributed by atoms with E-state index in [1.165, 1.54) is 4.68 Å². The fraction of sp³-hybridized carbons (Fsp3) is 0.194. The van der Waals surface area contributed by atoms with Crippen molar-refractivity contribution in [3.8, 4) is 28.3 Å². The molecule has 12 heteroatoms. The molecule has 11 nitrogen and oxygen atoms in total. The van der Waals surface area contributed by atoms with E-state index in [1.807, 2.05) is 18.2 Å². The van der Waals surface area contributed by atoms with Gasteiger partial charge >= 0.3 is 0 Å². The minimum Gasteiger partial charge on any atom is -0.382 e. The van der Waals surface area contributed by atoms with Crippen LogP contribution in [0.2, 0.25) is 5.02 Å². The molecule has 4 heterocycles. The van der Waals surface area contributed by atoms with Crippen molar-refractivity contribution in [2.75, 3.05) is 36.1 Å². The summed E-state index contributed by atoms with van der Waals surface area (Å²) < 4.78 is 8.41. The first-order chi connectivity index (χ1) is 20.7. The van der Waals surface area contributed by atoms with Crippen molar-refractivity contribution in [1.29, 1.82) is 0 Å². The van der Waals surface area contributed by atoms with Crippen LogP contribution in [-0.4, -0.2) is 56.5 Å². The van der Waals surface area contributed by atoms with Gasteiger partial charge in [-0.05, 0) is 49.4 Å². The number of methoxy groups -OCH3 is 1. The second-order valence-corrected chi connectivity index (χ2v) is 10.7. The first-order valence-corrected chi connectivity index (χ1v) is 14.0. The molecule has 1 aliphatic rings. The average molecular weight is 597 g/mol. The van der Waals surface area contributed by atoms with E-state index in [-0.39, 0.29) is 17.5 Å². The predicted octanol–water partition coefficient (Wildman–Crippen LogP) is 4.33. The average Bonchev–Trinajstić information content (AvgIpc) is 3.20. The maximum absolute atomic E-state index is 13.3. The SMILES string of the molecule is COC1CN(c2cccc(-c3cnc(N)c(-c4ccc(NC(=O)c5c(C)n(C)n(-c6cccc(Cl)c6)c5=O)cc4)n3)n2)C1. The van der Waals surface area contributed by atoms with E-state index in [0.29, 0.717) is 44.7 Å². The zero-order valence-electron chi connectivity index (χ0n) is 23.8. The van der Waals surface area contributed by atoms with E-state index in [4.69, 9.17) is 32.0 Å². The minimum atomic E-state index is -0.516. The normalized spacial score (nSPS) is 13.2. The van der Waals surface area contributed by atoms with Crippen LogP contribution < -0.4 is 21.5 Å². The molecule has 218 valence electrons. The highest BCUT2D eigenvalue weighted by atomic mass is 35.5. The molecule has 2 aromatic carbocycles. The second-order valence-electron chi connectivity index (χ2n) is 10.2. The molecule has 1 amide bonds. The zero-order chi connectivity index (χ0) is 30.2. The molecular formula is C31H29ClN8O3. The van der Waals surface area contributed by atoms with Crippen LogP contribution in [-0.2, 0) is 11.8 Å². The Morgan fingerprint density at radius 1 is 1.05 bits per heavy atom. The Hall–Kier alpha value is -5.00.